The molecule has 0 radical (unpaired) electrons. The molecule has 18 heavy (non-hydrogen) atoms. The molecule has 2 rings (SSSR count). The van der Waals surface area contributed by atoms with Crippen LogP contribution in [0.25, 0.3) is 0 Å². The molecule has 1 heterocycles. The average molecular weight is 247 g/mol. The quantitative estimate of drug-likeness (QED) is 0.850. The van der Waals surface area contributed by atoms with Crippen LogP contribution in [0.5, 0.6) is 11.5 Å². The molecular formula is C14H17NO3. The number of anilines is 1. The van der Waals surface area contributed by atoms with E-state index in [9.17, 15) is 0 Å². The Morgan fingerprint density at radius 1 is 1.22 bits per heavy atom. The molecule has 0 amide bonds. The molecular weight excluding hydrogens is 230 g/mol. The molecule has 0 aliphatic carbocycles. The maximum absolute atomic E-state index is 5.52. The van der Waals surface area contributed by atoms with Crippen molar-refractivity contribution in [3.8, 4) is 11.5 Å². The van der Waals surface area contributed by atoms with Gasteiger partial charge in [-0.05, 0) is 25.1 Å². The van der Waals surface area contributed by atoms with Gasteiger partial charge in [0.2, 0.25) is 0 Å². The van der Waals surface area contributed by atoms with E-state index in [0.717, 1.165) is 22.7 Å². The summed E-state index contributed by atoms with van der Waals surface area (Å²) in [7, 11) is 1.64. The first-order chi connectivity index (χ1) is 8.83. The van der Waals surface area contributed by atoms with Crippen LogP contribution < -0.4 is 14.8 Å². The van der Waals surface area contributed by atoms with E-state index in [1.807, 2.05) is 31.2 Å². The average Bonchev–Trinajstić information content (AvgIpc) is 2.90. The number of nitrogens with one attached hydrogen (secondary N) is 1. The van der Waals surface area contributed by atoms with Crippen LogP contribution in [0, 0.1) is 0 Å². The van der Waals surface area contributed by atoms with Crippen LogP contribution in [0.1, 0.15) is 12.5 Å². The lowest BCUT2D eigenvalue weighted by atomic mass is 10.2. The summed E-state index contributed by atoms with van der Waals surface area (Å²) in [5, 5.41) is 3.30. The molecule has 0 spiro atoms. The normalized spacial score (nSPS) is 10.1. The zero-order chi connectivity index (χ0) is 12.8. The van der Waals surface area contributed by atoms with E-state index < -0.39 is 0 Å². The third kappa shape index (κ3) is 2.97. The number of benzene rings is 1. The fraction of sp³-hybridized carbons (Fsp3) is 0.286. The van der Waals surface area contributed by atoms with Gasteiger partial charge >= 0.3 is 0 Å². The van der Waals surface area contributed by atoms with Crippen LogP contribution in [-0.4, -0.2) is 13.7 Å². The minimum atomic E-state index is 0.613. The van der Waals surface area contributed by atoms with E-state index in [4.69, 9.17) is 13.9 Å². The summed E-state index contributed by atoms with van der Waals surface area (Å²) in [4.78, 5) is 0. The van der Waals surface area contributed by atoms with Gasteiger partial charge in [0.15, 0.2) is 11.5 Å². The van der Waals surface area contributed by atoms with Crippen molar-refractivity contribution in [2.75, 3.05) is 19.0 Å². The molecule has 1 aromatic carbocycles. The van der Waals surface area contributed by atoms with Crippen molar-refractivity contribution in [2.45, 2.75) is 13.5 Å². The lowest BCUT2D eigenvalue weighted by Gasteiger charge is -2.12. The Bertz CT molecular complexity index is 480. The number of ether oxygens (including phenoxy) is 2. The molecule has 0 fully saturated rings. The van der Waals surface area contributed by atoms with E-state index in [2.05, 4.69) is 5.32 Å². The first-order valence-electron chi connectivity index (χ1n) is 5.89. The van der Waals surface area contributed by atoms with E-state index >= 15 is 0 Å². The van der Waals surface area contributed by atoms with Crippen LogP contribution in [0.15, 0.2) is 41.2 Å². The fourth-order valence-electron chi connectivity index (χ4n) is 1.65. The Labute approximate surface area is 107 Å². The number of rotatable bonds is 6. The van der Waals surface area contributed by atoms with Gasteiger partial charge in [0.1, 0.15) is 0 Å². The van der Waals surface area contributed by atoms with Gasteiger partial charge in [-0.2, -0.15) is 0 Å². The Morgan fingerprint density at radius 3 is 2.78 bits per heavy atom. The molecule has 0 saturated heterocycles. The minimum absolute atomic E-state index is 0.613. The highest BCUT2D eigenvalue weighted by molar-refractivity contribution is 5.54. The Hall–Kier alpha value is -2.10. The first-order valence-corrected chi connectivity index (χ1v) is 5.89. The van der Waals surface area contributed by atoms with Crippen molar-refractivity contribution in [1.29, 1.82) is 0 Å². The Balaban J connectivity index is 2.06. The second kappa shape index (κ2) is 6.00. The molecule has 0 unspecified atom stereocenters. The van der Waals surface area contributed by atoms with Gasteiger partial charge in [0.25, 0.3) is 0 Å². The van der Waals surface area contributed by atoms with Crippen molar-refractivity contribution in [1.82, 2.24) is 0 Å². The van der Waals surface area contributed by atoms with E-state index in [0.29, 0.717) is 13.2 Å². The van der Waals surface area contributed by atoms with Gasteiger partial charge in [0, 0.05) is 23.9 Å². The zero-order valence-corrected chi connectivity index (χ0v) is 10.6. The maximum atomic E-state index is 5.52. The highest BCUT2D eigenvalue weighted by Gasteiger charge is 2.05. The first kappa shape index (κ1) is 12.4. The summed E-state index contributed by atoms with van der Waals surface area (Å²) in [6.45, 7) is 3.28. The van der Waals surface area contributed by atoms with Gasteiger partial charge in [-0.15, -0.1) is 0 Å². The maximum Gasteiger partial charge on any atom is 0.163 e. The second-order valence-corrected chi connectivity index (χ2v) is 3.78. The number of hydrogen-bond acceptors (Lipinski definition) is 4. The summed E-state index contributed by atoms with van der Waals surface area (Å²) in [5.74, 6) is 1.49. The van der Waals surface area contributed by atoms with Crippen molar-refractivity contribution in [3.05, 3.63) is 42.4 Å². The highest BCUT2D eigenvalue weighted by Crippen LogP contribution is 2.30. The summed E-state index contributed by atoms with van der Waals surface area (Å²) >= 11 is 0. The van der Waals surface area contributed by atoms with Gasteiger partial charge in [-0.1, -0.05) is 0 Å². The molecule has 0 atom stereocenters. The summed E-state index contributed by atoms with van der Waals surface area (Å²) in [5.41, 5.74) is 2.09. The standard InChI is InChI=1S/C14H17NO3/c1-3-18-14-8-12(4-5-13(14)16-2)15-9-11-6-7-17-10-11/h4-8,10,15H,3,9H2,1-2H3. The lowest BCUT2D eigenvalue weighted by molar-refractivity contribution is 0.311. The van der Waals surface area contributed by atoms with Crippen LogP contribution in [0.2, 0.25) is 0 Å². The van der Waals surface area contributed by atoms with Crippen molar-refractivity contribution in [2.24, 2.45) is 0 Å². The van der Waals surface area contributed by atoms with Gasteiger partial charge in [0.05, 0.1) is 26.2 Å². The van der Waals surface area contributed by atoms with Crippen LogP contribution in [0.3, 0.4) is 0 Å². The second-order valence-electron chi connectivity index (χ2n) is 3.78. The van der Waals surface area contributed by atoms with E-state index in [-0.39, 0.29) is 0 Å². The smallest absolute Gasteiger partial charge is 0.163 e. The Morgan fingerprint density at radius 2 is 2.11 bits per heavy atom. The lowest BCUT2D eigenvalue weighted by Crippen LogP contribution is -2.00. The van der Waals surface area contributed by atoms with Gasteiger partial charge in [-0.3, -0.25) is 0 Å². The molecule has 0 saturated carbocycles. The fourth-order valence-corrected chi connectivity index (χ4v) is 1.65. The topological polar surface area (TPSA) is 43.6 Å². The number of furan rings is 1. The number of hydrogen-bond donors (Lipinski definition) is 1. The predicted octanol–water partition coefficient (Wildman–Crippen LogP) is 3.30. The molecule has 1 aromatic heterocycles. The van der Waals surface area contributed by atoms with E-state index in [1.165, 1.54) is 0 Å². The van der Waals surface area contributed by atoms with Crippen molar-refractivity contribution >= 4 is 5.69 Å². The summed E-state index contributed by atoms with van der Waals surface area (Å²) in [6, 6.07) is 7.71. The molecule has 2 aromatic rings. The Kier molecular flexibility index (Phi) is 4.12. The largest absolute Gasteiger partial charge is 0.493 e. The molecule has 1 N–H and O–H groups in total. The van der Waals surface area contributed by atoms with Gasteiger partial charge in [-0.25, -0.2) is 0 Å². The molecule has 4 heteroatoms. The zero-order valence-electron chi connectivity index (χ0n) is 10.6. The highest BCUT2D eigenvalue weighted by atomic mass is 16.5. The third-order valence-electron chi connectivity index (χ3n) is 2.54. The molecule has 0 aliphatic heterocycles. The number of methoxy groups -OCH3 is 1. The monoisotopic (exact) mass is 247 g/mol. The summed E-state index contributed by atoms with van der Waals surface area (Å²) < 4.78 is 15.8. The van der Waals surface area contributed by atoms with Crippen LogP contribution in [-0.2, 0) is 6.54 Å². The third-order valence-corrected chi connectivity index (χ3v) is 2.54. The summed E-state index contributed by atoms with van der Waals surface area (Å²) in [6.07, 6.45) is 3.39. The predicted molar refractivity (Wildman–Crippen MR) is 70.2 cm³/mol. The molecule has 4 nitrogen and oxygen atoms in total. The SMILES string of the molecule is CCOc1cc(NCc2ccoc2)ccc1OC. The van der Waals surface area contributed by atoms with Crippen LogP contribution >= 0.6 is 0 Å². The van der Waals surface area contributed by atoms with Crippen molar-refractivity contribution < 1.29 is 13.9 Å². The molecule has 96 valence electrons. The minimum Gasteiger partial charge on any atom is -0.493 e. The van der Waals surface area contributed by atoms with E-state index in [1.54, 1.807) is 19.6 Å². The molecule has 0 bridgehead atoms. The van der Waals surface area contributed by atoms with Gasteiger partial charge < -0.3 is 19.2 Å². The molecule has 0 aliphatic rings. The van der Waals surface area contributed by atoms with Crippen molar-refractivity contribution in [3.63, 3.8) is 0 Å². The van der Waals surface area contributed by atoms with Crippen LogP contribution in [0.4, 0.5) is 5.69 Å².